The van der Waals surface area contributed by atoms with Crippen LogP contribution in [-0.4, -0.2) is 26.8 Å². The summed E-state index contributed by atoms with van der Waals surface area (Å²) in [7, 11) is 0. The minimum Gasteiger partial charge on any atom is -0.477 e. The van der Waals surface area contributed by atoms with Crippen molar-refractivity contribution in [2.75, 3.05) is 10.6 Å². The van der Waals surface area contributed by atoms with E-state index in [2.05, 4.69) is 15.7 Å². The molecule has 9 heteroatoms. The molecule has 4 rings (SSSR count). The van der Waals surface area contributed by atoms with Crippen LogP contribution >= 0.6 is 23.2 Å². The Hall–Kier alpha value is -3.29. The van der Waals surface area contributed by atoms with Gasteiger partial charge < -0.3 is 15.7 Å². The molecule has 0 spiro atoms. The second-order valence-electron chi connectivity index (χ2n) is 6.32. The summed E-state index contributed by atoms with van der Waals surface area (Å²) in [6.45, 7) is 0. The summed E-state index contributed by atoms with van der Waals surface area (Å²) in [5.41, 5.74) is 1.51. The van der Waals surface area contributed by atoms with Crippen molar-refractivity contribution in [2.45, 2.75) is 6.04 Å². The maximum Gasteiger partial charge on any atom is 0.352 e. The molecule has 2 aromatic carbocycles. The highest BCUT2D eigenvalue weighted by molar-refractivity contribution is 6.30. The fourth-order valence-electron chi connectivity index (χ4n) is 3.02. The fraction of sp³-hybridized carbons (Fsp3) is 0.0500. The first-order valence-electron chi connectivity index (χ1n) is 8.54. The van der Waals surface area contributed by atoms with Gasteiger partial charge in [-0.2, -0.15) is 5.10 Å². The molecule has 0 unspecified atom stereocenters. The Morgan fingerprint density at radius 3 is 2.28 bits per heavy atom. The van der Waals surface area contributed by atoms with Gasteiger partial charge in [-0.3, -0.25) is 4.79 Å². The molecule has 0 saturated heterocycles. The van der Waals surface area contributed by atoms with E-state index in [0.717, 1.165) is 5.56 Å². The summed E-state index contributed by atoms with van der Waals surface area (Å²) in [5.74, 6) is -1.28. The van der Waals surface area contributed by atoms with Crippen LogP contribution in [0.25, 0.3) is 0 Å². The number of aromatic nitrogens is 2. The molecule has 2 heterocycles. The van der Waals surface area contributed by atoms with Gasteiger partial charge in [0.1, 0.15) is 17.1 Å². The molecule has 1 aliphatic rings. The number of halogens is 2. The van der Waals surface area contributed by atoms with E-state index in [9.17, 15) is 14.7 Å². The Morgan fingerprint density at radius 1 is 1.03 bits per heavy atom. The SMILES string of the molecule is O=C(O)C1=C[C@H](c2ccc(Cl)cc2)n2ncc(C(=O)Nc3ccc(Cl)cc3)c2N1. The third-order valence-corrected chi connectivity index (χ3v) is 4.93. The van der Waals surface area contributed by atoms with Gasteiger partial charge >= 0.3 is 5.97 Å². The fourth-order valence-corrected chi connectivity index (χ4v) is 3.27. The third kappa shape index (κ3) is 3.83. The van der Waals surface area contributed by atoms with Crippen LogP contribution in [0.4, 0.5) is 11.5 Å². The van der Waals surface area contributed by atoms with Crippen LogP contribution in [0.1, 0.15) is 22.0 Å². The largest absolute Gasteiger partial charge is 0.477 e. The number of fused-ring (bicyclic) bond motifs is 1. The van der Waals surface area contributed by atoms with Crippen LogP contribution in [0, 0.1) is 0 Å². The van der Waals surface area contributed by atoms with Crippen molar-refractivity contribution in [1.29, 1.82) is 0 Å². The number of carboxylic acid groups (broad SMARTS) is 1. The number of aliphatic carboxylic acids is 1. The topological polar surface area (TPSA) is 96.2 Å². The number of allylic oxidation sites excluding steroid dienone is 1. The number of nitrogens with zero attached hydrogens (tertiary/aromatic N) is 2. The molecule has 29 heavy (non-hydrogen) atoms. The number of rotatable bonds is 4. The van der Waals surface area contributed by atoms with Crippen molar-refractivity contribution in [3.05, 3.63) is 87.7 Å². The van der Waals surface area contributed by atoms with Crippen LogP contribution < -0.4 is 10.6 Å². The molecule has 0 aliphatic carbocycles. The van der Waals surface area contributed by atoms with Gasteiger partial charge in [0.2, 0.25) is 0 Å². The smallest absolute Gasteiger partial charge is 0.352 e. The van der Waals surface area contributed by atoms with Crippen molar-refractivity contribution in [1.82, 2.24) is 9.78 Å². The standard InChI is InChI=1S/C20H14Cl2N4O3/c21-12-3-1-11(2-4-12)17-9-16(20(28)29)25-18-15(10-23-26(17)18)19(27)24-14-7-5-13(22)6-8-14/h1-10,17,25H,(H,24,27)(H,28,29)/t17-/m1/s1. The molecule has 1 aliphatic heterocycles. The summed E-state index contributed by atoms with van der Waals surface area (Å²) < 4.78 is 1.56. The van der Waals surface area contributed by atoms with Crippen LogP contribution in [0.5, 0.6) is 0 Å². The Balaban J connectivity index is 1.70. The summed E-state index contributed by atoms with van der Waals surface area (Å²) in [4.78, 5) is 24.4. The number of nitrogens with one attached hydrogen (secondary N) is 2. The Labute approximate surface area is 175 Å². The summed E-state index contributed by atoms with van der Waals surface area (Å²) >= 11 is 11.8. The van der Waals surface area contributed by atoms with Crippen LogP contribution in [0.3, 0.4) is 0 Å². The Bertz CT molecular complexity index is 1120. The summed E-state index contributed by atoms with van der Waals surface area (Å²) in [5, 5.41) is 20.5. The highest BCUT2D eigenvalue weighted by atomic mass is 35.5. The molecule has 1 aromatic heterocycles. The second kappa shape index (κ2) is 7.62. The third-order valence-electron chi connectivity index (χ3n) is 4.43. The lowest BCUT2D eigenvalue weighted by atomic mass is 10.0. The number of amides is 1. The number of benzene rings is 2. The van der Waals surface area contributed by atoms with Gasteiger partial charge in [0, 0.05) is 15.7 Å². The summed E-state index contributed by atoms with van der Waals surface area (Å²) in [6.07, 6.45) is 2.93. The van der Waals surface area contributed by atoms with Gasteiger partial charge in [0.05, 0.1) is 12.2 Å². The number of carbonyl (C=O) groups is 2. The van der Waals surface area contributed by atoms with Crippen molar-refractivity contribution < 1.29 is 14.7 Å². The normalized spacial score (nSPS) is 15.1. The van der Waals surface area contributed by atoms with E-state index < -0.39 is 17.9 Å². The molecule has 0 saturated carbocycles. The zero-order chi connectivity index (χ0) is 20.5. The molecule has 3 aromatic rings. The minimum atomic E-state index is -1.14. The number of carboxylic acids is 1. The van der Waals surface area contributed by atoms with Gasteiger partial charge in [0.15, 0.2) is 0 Å². The van der Waals surface area contributed by atoms with Crippen LogP contribution in [0.15, 0.2) is 66.5 Å². The molecule has 146 valence electrons. The van der Waals surface area contributed by atoms with E-state index in [4.69, 9.17) is 23.2 Å². The van der Waals surface area contributed by atoms with E-state index >= 15 is 0 Å². The molecule has 3 N–H and O–H groups in total. The quantitative estimate of drug-likeness (QED) is 0.571. The zero-order valence-corrected chi connectivity index (χ0v) is 16.3. The average Bonchev–Trinajstić information content (AvgIpc) is 3.14. The van der Waals surface area contributed by atoms with Gasteiger partial charge in [-0.15, -0.1) is 0 Å². The predicted molar refractivity (Wildman–Crippen MR) is 111 cm³/mol. The van der Waals surface area contributed by atoms with Gasteiger partial charge in [-0.1, -0.05) is 35.3 Å². The lowest BCUT2D eigenvalue weighted by molar-refractivity contribution is -0.132. The monoisotopic (exact) mass is 428 g/mol. The molecule has 1 atom stereocenters. The van der Waals surface area contributed by atoms with Crippen molar-refractivity contribution in [2.24, 2.45) is 0 Å². The van der Waals surface area contributed by atoms with E-state index in [1.54, 1.807) is 53.2 Å². The first-order chi connectivity index (χ1) is 13.9. The lowest BCUT2D eigenvalue weighted by Gasteiger charge is -2.24. The molecular weight excluding hydrogens is 415 g/mol. The van der Waals surface area contributed by atoms with Gasteiger partial charge in [-0.25, -0.2) is 9.48 Å². The van der Waals surface area contributed by atoms with Crippen molar-refractivity contribution >= 4 is 46.6 Å². The van der Waals surface area contributed by atoms with Crippen LogP contribution in [0.2, 0.25) is 10.0 Å². The lowest BCUT2D eigenvalue weighted by Crippen LogP contribution is -2.25. The Morgan fingerprint density at radius 2 is 1.66 bits per heavy atom. The van der Waals surface area contributed by atoms with E-state index in [0.29, 0.717) is 15.7 Å². The average molecular weight is 429 g/mol. The number of anilines is 2. The molecule has 7 nitrogen and oxygen atoms in total. The molecular formula is C20H14Cl2N4O3. The number of hydrogen-bond acceptors (Lipinski definition) is 4. The highest BCUT2D eigenvalue weighted by Gasteiger charge is 2.29. The molecule has 1 amide bonds. The number of carbonyl (C=O) groups excluding carboxylic acids is 1. The van der Waals surface area contributed by atoms with Gasteiger partial charge in [-0.05, 0) is 48.0 Å². The second-order valence-corrected chi connectivity index (χ2v) is 7.19. The molecule has 0 radical (unpaired) electrons. The van der Waals surface area contributed by atoms with Crippen molar-refractivity contribution in [3.63, 3.8) is 0 Å². The molecule has 0 bridgehead atoms. The van der Waals surface area contributed by atoms with Crippen LogP contribution in [-0.2, 0) is 4.79 Å². The Kier molecular flexibility index (Phi) is 5.00. The molecule has 0 fully saturated rings. The predicted octanol–water partition coefficient (Wildman–Crippen LogP) is 4.43. The zero-order valence-electron chi connectivity index (χ0n) is 14.8. The van der Waals surface area contributed by atoms with Crippen molar-refractivity contribution in [3.8, 4) is 0 Å². The van der Waals surface area contributed by atoms with E-state index in [1.807, 2.05) is 0 Å². The number of hydrogen-bond donors (Lipinski definition) is 3. The van der Waals surface area contributed by atoms with E-state index in [1.165, 1.54) is 12.3 Å². The van der Waals surface area contributed by atoms with Gasteiger partial charge in [0.25, 0.3) is 5.91 Å². The minimum absolute atomic E-state index is 0.0431. The maximum absolute atomic E-state index is 12.8. The van der Waals surface area contributed by atoms with E-state index in [-0.39, 0.29) is 17.1 Å². The highest BCUT2D eigenvalue weighted by Crippen LogP contribution is 2.33. The first-order valence-corrected chi connectivity index (χ1v) is 9.30. The maximum atomic E-state index is 12.8. The summed E-state index contributed by atoms with van der Waals surface area (Å²) in [6, 6.07) is 13.1. The first kappa shape index (κ1) is 19.0.